The Balaban J connectivity index is 1.45. The van der Waals surface area contributed by atoms with Gasteiger partial charge in [-0.1, -0.05) is 31.2 Å². The number of hydrogen-bond acceptors (Lipinski definition) is 4. The van der Waals surface area contributed by atoms with Crippen LogP contribution in [0.15, 0.2) is 54.6 Å². The molecule has 0 spiro atoms. The lowest BCUT2D eigenvalue weighted by molar-refractivity contribution is 0.0934. The average molecular weight is 382 g/mol. The number of hydrogen-bond donors (Lipinski definition) is 1. The largest absolute Gasteiger partial charge is 0.494 e. The fourth-order valence-corrected chi connectivity index (χ4v) is 3.48. The molecule has 0 saturated carbocycles. The molecule has 1 heterocycles. The van der Waals surface area contributed by atoms with Gasteiger partial charge >= 0.3 is 0 Å². The van der Waals surface area contributed by atoms with Crippen LogP contribution in [0.1, 0.15) is 30.6 Å². The number of anilines is 1. The van der Waals surface area contributed by atoms with E-state index >= 15 is 0 Å². The highest BCUT2D eigenvalue weighted by Gasteiger charge is 2.21. The fraction of sp³-hybridized carbons (Fsp3) is 0.435. The second-order valence-electron chi connectivity index (χ2n) is 7.29. The van der Waals surface area contributed by atoms with Gasteiger partial charge in [-0.3, -0.25) is 9.69 Å². The summed E-state index contributed by atoms with van der Waals surface area (Å²) in [6, 6.07) is 18.3. The molecule has 5 nitrogen and oxygen atoms in total. The summed E-state index contributed by atoms with van der Waals surface area (Å²) < 4.78 is 5.62. The van der Waals surface area contributed by atoms with Crippen molar-refractivity contribution < 1.29 is 9.53 Å². The summed E-state index contributed by atoms with van der Waals surface area (Å²) in [4.78, 5) is 17.4. The monoisotopic (exact) mass is 381 g/mol. The molecular weight excluding hydrogens is 350 g/mol. The van der Waals surface area contributed by atoms with Crippen molar-refractivity contribution in [3.05, 3.63) is 60.2 Å². The first-order chi connectivity index (χ1) is 13.7. The summed E-state index contributed by atoms with van der Waals surface area (Å²) in [7, 11) is 0. The minimum atomic E-state index is -0.0447. The summed E-state index contributed by atoms with van der Waals surface area (Å²) in [5, 5.41) is 3.07. The Hall–Kier alpha value is -2.53. The number of amides is 1. The highest BCUT2D eigenvalue weighted by molar-refractivity contribution is 5.94. The molecular formula is C23H31N3O2. The SMILES string of the molecule is CCCOc1cccc(C(=O)NC[C@H](C)N2CCN(c3ccccc3)CC2)c1. The van der Waals surface area contributed by atoms with E-state index in [2.05, 4.69) is 59.3 Å². The van der Waals surface area contributed by atoms with Crippen molar-refractivity contribution in [2.45, 2.75) is 26.3 Å². The van der Waals surface area contributed by atoms with Gasteiger partial charge in [0.1, 0.15) is 5.75 Å². The van der Waals surface area contributed by atoms with Crippen LogP contribution in [-0.4, -0.2) is 56.2 Å². The van der Waals surface area contributed by atoms with Crippen molar-refractivity contribution in [3.63, 3.8) is 0 Å². The average Bonchev–Trinajstić information content (AvgIpc) is 2.76. The van der Waals surface area contributed by atoms with E-state index in [0.717, 1.165) is 38.3 Å². The Morgan fingerprint density at radius 3 is 2.54 bits per heavy atom. The van der Waals surface area contributed by atoms with Gasteiger partial charge in [0.25, 0.3) is 5.91 Å². The lowest BCUT2D eigenvalue weighted by Gasteiger charge is -2.39. The van der Waals surface area contributed by atoms with E-state index in [-0.39, 0.29) is 5.91 Å². The number of rotatable bonds is 8. The molecule has 0 bridgehead atoms. The van der Waals surface area contributed by atoms with Crippen LogP contribution < -0.4 is 15.0 Å². The standard InChI is InChI=1S/C23H31N3O2/c1-3-16-28-22-11-7-8-20(17-22)23(27)24-18-19(2)25-12-14-26(15-13-25)21-9-5-4-6-10-21/h4-11,17,19H,3,12-16,18H2,1-2H3,(H,24,27)/t19-/m0/s1. The van der Waals surface area contributed by atoms with Crippen molar-refractivity contribution in [1.29, 1.82) is 0 Å². The van der Waals surface area contributed by atoms with Gasteiger partial charge in [-0.25, -0.2) is 0 Å². The minimum absolute atomic E-state index is 0.0447. The smallest absolute Gasteiger partial charge is 0.251 e. The zero-order valence-corrected chi connectivity index (χ0v) is 16.9. The van der Waals surface area contributed by atoms with E-state index in [0.29, 0.717) is 24.8 Å². The van der Waals surface area contributed by atoms with Gasteiger partial charge in [-0.15, -0.1) is 0 Å². The first-order valence-electron chi connectivity index (χ1n) is 10.2. The Morgan fingerprint density at radius 1 is 1.07 bits per heavy atom. The van der Waals surface area contributed by atoms with Crippen LogP contribution in [0.3, 0.4) is 0 Å². The molecule has 2 aromatic carbocycles. The zero-order valence-electron chi connectivity index (χ0n) is 16.9. The minimum Gasteiger partial charge on any atom is -0.494 e. The maximum absolute atomic E-state index is 12.5. The molecule has 0 aromatic heterocycles. The van der Waals surface area contributed by atoms with Gasteiger partial charge in [-0.2, -0.15) is 0 Å². The summed E-state index contributed by atoms with van der Waals surface area (Å²) in [5.74, 6) is 0.705. The predicted molar refractivity (Wildman–Crippen MR) is 114 cm³/mol. The lowest BCUT2D eigenvalue weighted by Crippen LogP contribution is -2.52. The Kier molecular flexibility index (Phi) is 7.31. The van der Waals surface area contributed by atoms with Crippen molar-refractivity contribution >= 4 is 11.6 Å². The molecule has 5 heteroatoms. The van der Waals surface area contributed by atoms with E-state index < -0.39 is 0 Å². The zero-order chi connectivity index (χ0) is 19.8. The fourth-order valence-electron chi connectivity index (χ4n) is 3.48. The first-order valence-corrected chi connectivity index (χ1v) is 10.2. The molecule has 1 fully saturated rings. The van der Waals surface area contributed by atoms with Crippen LogP contribution in [0.4, 0.5) is 5.69 Å². The Bertz CT molecular complexity index is 743. The molecule has 1 aliphatic heterocycles. The van der Waals surface area contributed by atoms with E-state index in [1.807, 2.05) is 24.3 Å². The van der Waals surface area contributed by atoms with Crippen molar-refractivity contribution in [2.24, 2.45) is 0 Å². The molecule has 0 radical (unpaired) electrons. The molecule has 1 N–H and O–H groups in total. The molecule has 150 valence electrons. The Morgan fingerprint density at radius 2 is 1.82 bits per heavy atom. The number of para-hydroxylation sites is 1. The number of carbonyl (C=O) groups excluding carboxylic acids is 1. The summed E-state index contributed by atoms with van der Waals surface area (Å²) in [6.45, 7) is 9.59. The van der Waals surface area contributed by atoms with Crippen LogP contribution in [-0.2, 0) is 0 Å². The van der Waals surface area contributed by atoms with Crippen LogP contribution >= 0.6 is 0 Å². The molecule has 0 unspecified atom stereocenters. The van der Waals surface area contributed by atoms with E-state index in [1.54, 1.807) is 0 Å². The van der Waals surface area contributed by atoms with Crippen molar-refractivity contribution in [2.75, 3.05) is 44.2 Å². The molecule has 2 aromatic rings. The number of nitrogens with zero attached hydrogens (tertiary/aromatic N) is 2. The van der Waals surface area contributed by atoms with Crippen molar-refractivity contribution in [3.8, 4) is 5.75 Å². The van der Waals surface area contributed by atoms with Crippen LogP contribution in [0.5, 0.6) is 5.75 Å². The second-order valence-corrected chi connectivity index (χ2v) is 7.29. The number of benzene rings is 2. The number of ether oxygens (including phenoxy) is 1. The van der Waals surface area contributed by atoms with Gasteiger partial charge in [0, 0.05) is 50.0 Å². The topological polar surface area (TPSA) is 44.8 Å². The first kappa shape index (κ1) is 20.2. The maximum Gasteiger partial charge on any atom is 0.251 e. The summed E-state index contributed by atoms with van der Waals surface area (Å²) in [6.07, 6.45) is 0.950. The van der Waals surface area contributed by atoms with Crippen LogP contribution in [0.2, 0.25) is 0 Å². The summed E-state index contributed by atoms with van der Waals surface area (Å²) >= 11 is 0. The van der Waals surface area contributed by atoms with E-state index in [1.165, 1.54) is 5.69 Å². The predicted octanol–water partition coefficient (Wildman–Crippen LogP) is 3.42. The highest BCUT2D eigenvalue weighted by atomic mass is 16.5. The third kappa shape index (κ3) is 5.49. The highest BCUT2D eigenvalue weighted by Crippen LogP contribution is 2.17. The molecule has 3 rings (SSSR count). The number of piperazine rings is 1. The number of carbonyl (C=O) groups is 1. The van der Waals surface area contributed by atoms with Gasteiger partial charge in [0.2, 0.25) is 0 Å². The Labute approximate surface area is 168 Å². The van der Waals surface area contributed by atoms with E-state index in [9.17, 15) is 4.79 Å². The molecule has 1 saturated heterocycles. The molecule has 1 aliphatic rings. The molecule has 1 atom stereocenters. The molecule has 0 aliphatic carbocycles. The summed E-state index contributed by atoms with van der Waals surface area (Å²) in [5.41, 5.74) is 1.93. The van der Waals surface area contributed by atoms with Crippen molar-refractivity contribution in [1.82, 2.24) is 10.2 Å². The quantitative estimate of drug-likeness (QED) is 0.761. The third-order valence-electron chi connectivity index (χ3n) is 5.19. The van der Waals surface area contributed by atoms with Gasteiger partial charge in [-0.05, 0) is 43.7 Å². The molecule has 28 heavy (non-hydrogen) atoms. The maximum atomic E-state index is 12.5. The molecule has 1 amide bonds. The van der Waals surface area contributed by atoms with Gasteiger partial charge < -0.3 is 15.0 Å². The lowest BCUT2D eigenvalue weighted by atomic mass is 10.1. The van der Waals surface area contributed by atoms with E-state index in [4.69, 9.17) is 4.74 Å². The van der Waals surface area contributed by atoms with Gasteiger partial charge in [0.15, 0.2) is 0 Å². The van der Waals surface area contributed by atoms with Gasteiger partial charge in [0.05, 0.1) is 6.61 Å². The normalized spacial score (nSPS) is 15.9. The number of nitrogens with one attached hydrogen (secondary N) is 1. The van der Waals surface area contributed by atoms with Crippen LogP contribution in [0, 0.1) is 0 Å². The third-order valence-corrected chi connectivity index (χ3v) is 5.19. The van der Waals surface area contributed by atoms with Crippen LogP contribution in [0.25, 0.3) is 0 Å². The second kappa shape index (κ2) is 10.1.